The molecule has 0 N–H and O–H groups in total. The molecule has 1 aromatic carbocycles. The van der Waals surface area contributed by atoms with E-state index in [4.69, 9.17) is 9.47 Å². The highest BCUT2D eigenvalue weighted by Gasteiger charge is 2.24. The monoisotopic (exact) mass is 405 g/mol. The zero-order valence-electron chi connectivity index (χ0n) is 14.0. The Morgan fingerprint density at radius 3 is 2.88 bits per heavy atom. The zero-order valence-corrected chi connectivity index (χ0v) is 15.6. The second kappa shape index (κ2) is 8.40. The molecule has 0 bridgehead atoms. The summed E-state index contributed by atoms with van der Waals surface area (Å²) in [6, 6.07) is 9.62. The summed E-state index contributed by atoms with van der Waals surface area (Å²) >= 11 is 3.35. The normalized spacial score (nSPS) is 18.2. The van der Waals surface area contributed by atoms with E-state index in [0.29, 0.717) is 29.3 Å². The predicted octanol–water partition coefficient (Wildman–Crippen LogP) is 3.73. The Kier molecular flexibility index (Phi) is 5.99. The molecule has 2 heterocycles. The van der Waals surface area contributed by atoms with Gasteiger partial charge in [-0.1, -0.05) is 30.3 Å². The fraction of sp³-hybridized carbons (Fsp3) is 0.389. The van der Waals surface area contributed by atoms with Crippen molar-refractivity contribution in [3.8, 4) is 0 Å². The highest BCUT2D eigenvalue weighted by molar-refractivity contribution is 9.10. The van der Waals surface area contributed by atoms with Crippen LogP contribution in [0.3, 0.4) is 0 Å². The van der Waals surface area contributed by atoms with Crippen LogP contribution >= 0.6 is 15.9 Å². The van der Waals surface area contributed by atoms with Gasteiger partial charge in [0.05, 0.1) is 6.61 Å². The number of halogens is 1. The minimum atomic E-state index is -0.406. The molecular weight excluding hydrogens is 386 g/mol. The molecule has 1 unspecified atom stereocenters. The topological polar surface area (TPSA) is 66.2 Å². The Morgan fingerprint density at radius 1 is 1.40 bits per heavy atom. The molecule has 0 aliphatic carbocycles. The van der Waals surface area contributed by atoms with Crippen molar-refractivity contribution in [1.82, 2.24) is 14.8 Å². The lowest BCUT2D eigenvalue weighted by Gasteiger charge is -2.24. The molecule has 132 valence electrons. The van der Waals surface area contributed by atoms with Gasteiger partial charge in [0.1, 0.15) is 0 Å². The average molecular weight is 406 g/mol. The van der Waals surface area contributed by atoms with Crippen molar-refractivity contribution in [3.63, 3.8) is 0 Å². The van der Waals surface area contributed by atoms with Gasteiger partial charge in [-0.25, -0.2) is 14.5 Å². The third-order valence-corrected chi connectivity index (χ3v) is 4.24. The number of hydrogen-bond acceptors (Lipinski definition) is 5. The van der Waals surface area contributed by atoms with Crippen LogP contribution in [-0.4, -0.2) is 33.9 Å². The maximum absolute atomic E-state index is 12.1. The molecule has 1 saturated heterocycles. The van der Waals surface area contributed by atoms with Crippen LogP contribution in [0.15, 0.2) is 41.1 Å². The predicted molar refractivity (Wildman–Crippen MR) is 96.7 cm³/mol. The largest absolute Gasteiger partial charge is 0.463 e. The molecule has 2 aromatic rings. The fourth-order valence-electron chi connectivity index (χ4n) is 2.79. The molecule has 0 amide bonds. The molecule has 0 spiro atoms. The molecule has 7 heteroatoms. The van der Waals surface area contributed by atoms with Crippen LogP contribution in [-0.2, 0) is 14.3 Å². The number of nitrogens with zero attached hydrogens (tertiary/aromatic N) is 3. The molecule has 0 radical (unpaired) electrons. The summed E-state index contributed by atoms with van der Waals surface area (Å²) in [6.07, 6.45) is 4.27. The smallest absolute Gasteiger partial charge is 0.331 e. The van der Waals surface area contributed by atoms with Gasteiger partial charge < -0.3 is 9.47 Å². The van der Waals surface area contributed by atoms with E-state index < -0.39 is 5.97 Å². The summed E-state index contributed by atoms with van der Waals surface area (Å²) in [6.45, 7) is 2.80. The van der Waals surface area contributed by atoms with Crippen molar-refractivity contribution in [2.45, 2.75) is 32.4 Å². The Morgan fingerprint density at radius 2 is 2.20 bits per heavy atom. The maximum atomic E-state index is 12.1. The Hall–Kier alpha value is -1.99. The minimum Gasteiger partial charge on any atom is -0.463 e. The number of carbonyl (C=O) groups is 1. The number of rotatable bonds is 5. The second-order valence-electron chi connectivity index (χ2n) is 5.65. The number of hydrogen-bond donors (Lipinski definition) is 0. The van der Waals surface area contributed by atoms with Crippen molar-refractivity contribution in [1.29, 1.82) is 0 Å². The lowest BCUT2D eigenvalue weighted by molar-refractivity contribution is -0.137. The van der Waals surface area contributed by atoms with Gasteiger partial charge in [0.25, 0.3) is 0 Å². The Bertz CT molecular complexity index is 752. The number of carbonyl (C=O) groups excluding carboxylic acids is 1. The lowest BCUT2D eigenvalue weighted by atomic mass is 10.0. The summed E-state index contributed by atoms with van der Waals surface area (Å²) in [4.78, 5) is 16.6. The molecule has 1 atom stereocenters. The first-order valence-electron chi connectivity index (χ1n) is 8.37. The van der Waals surface area contributed by atoms with Crippen molar-refractivity contribution in [2.75, 3.05) is 13.2 Å². The van der Waals surface area contributed by atoms with E-state index in [1.54, 1.807) is 11.6 Å². The van der Waals surface area contributed by atoms with Gasteiger partial charge in [0.2, 0.25) is 4.73 Å². The van der Waals surface area contributed by atoms with Gasteiger partial charge in [-0.3, -0.25) is 0 Å². The number of esters is 1. The van der Waals surface area contributed by atoms with Crippen molar-refractivity contribution >= 4 is 27.5 Å². The first-order chi connectivity index (χ1) is 12.2. The molecule has 0 saturated carbocycles. The zero-order chi connectivity index (χ0) is 17.6. The molecule has 6 nitrogen and oxygen atoms in total. The van der Waals surface area contributed by atoms with Crippen LogP contribution in [0.25, 0.3) is 5.57 Å². The van der Waals surface area contributed by atoms with Crippen LogP contribution < -0.4 is 0 Å². The van der Waals surface area contributed by atoms with E-state index in [0.717, 1.165) is 24.8 Å². The molecule has 1 fully saturated rings. The summed E-state index contributed by atoms with van der Waals surface area (Å²) in [7, 11) is 0. The van der Waals surface area contributed by atoms with Gasteiger partial charge >= 0.3 is 5.97 Å². The second-order valence-corrected chi connectivity index (χ2v) is 6.36. The molecule has 1 aromatic heterocycles. The Balaban J connectivity index is 2.06. The van der Waals surface area contributed by atoms with Gasteiger partial charge in [-0.05, 0) is 47.7 Å². The Labute approximate surface area is 155 Å². The van der Waals surface area contributed by atoms with Crippen LogP contribution in [0.2, 0.25) is 0 Å². The summed E-state index contributed by atoms with van der Waals surface area (Å²) in [5.41, 5.74) is 1.53. The van der Waals surface area contributed by atoms with Crippen LogP contribution in [0, 0.1) is 0 Å². The van der Waals surface area contributed by atoms with E-state index in [-0.39, 0.29) is 6.23 Å². The fourth-order valence-corrected chi connectivity index (χ4v) is 3.13. The molecular formula is C18H20BrN3O3. The van der Waals surface area contributed by atoms with E-state index in [2.05, 4.69) is 26.0 Å². The van der Waals surface area contributed by atoms with E-state index in [1.165, 1.54) is 6.08 Å². The van der Waals surface area contributed by atoms with Crippen molar-refractivity contribution < 1.29 is 14.3 Å². The molecule has 25 heavy (non-hydrogen) atoms. The third kappa shape index (κ3) is 4.35. The van der Waals surface area contributed by atoms with E-state index in [9.17, 15) is 4.79 Å². The maximum Gasteiger partial charge on any atom is 0.331 e. The van der Waals surface area contributed by atoms with Crippen molar-refractivity contribution in [3.05, 3.63) is 52.5 Å². The first kappa shape index (κ1) is 17.8. The number of aromatic nitrogens is 3. The summed E-state index contributed by atoms with van der Waals surface area (Å²) in [5, 5.41) is 4.44. The summed E-state index contributed by atoms with van der Waals surface area (Å²) < 4.78 is 13.2. The van der Waals surface area contributed by atoms with Crippen LogP contribution in [0.1, 0.15) is 43.8 Å². The van der Waals surface area contributed by atoms with Gasteiger partial charge in [0.15, 0.2) is 12.1 Å². The minimum absolute atomic E-state index is 0.183. The lowest BCUT2D eigenvalue weighted by Crippen LogP contribution is -2.21. The molecule has 1 aliphatic heterocycles. The summed E-state index contributed by atoms with van der Waals surface area (Å²) in [5.74, 6) is 0.176. The van der Waals surface area contributed by atoms with Gasteiger partial charge in [-0.2, -0.15) is 0 Å². The molecule has 3 rings (SSSR count). The van der Waals surface area contributed by atoms with E-state index >= 15 is 0 Å². The van der Waals surface area contributed by atoms with Crippen molar-refractivity contribution in [2.24, 2.45) is 0 Å². The van der Waals surface area contributed by atoms with Crippen LogP contribution in [0.4, 0.5) is 0 Å². The van der Waals surface area contributed by atoms with Crippen LogP contribution in [0.5, 0.6) is 0 Å². The number of ether oxygens (including phenoxy) is 2. The first-order valence-corrected chi connectivity index (χ1v) is 9.16. The third-order valence-electron chi connectivity index (χ3n) is 3.91. The highest BCUT2D eigenvalue weighted by atomic mass is 79.9. The van der Waals surface area contributed by atoms with Gasteiger partial charge in [0, 0.05) is 18.3 Å². The molecule has 1 aliphatic rings. The average Bonchev–Trinajstić information content (AvgIpc) is 3.03. The highest BCUT2D eigenvalue weighted by Crippen LogP contribution is 2.29. The van der Waals surface area contributed by atoms with E-state index in [1.807, 2.05) is 30.3 Å². The number of benzene rings is 1. The quantitative estimate of drug-likeness (QED) is 0.559. The standard InChI is InChI=1S/C18H20BrN3O3/c1-2-24-16(23)12-14(13-8-4-3-5-9-13)17-20-18(19)21-22(17)15-10-6-7-11-25-15/h3-5,8-9,12,15H,2,6-7,10-11H2,1H3/b14-12-. The van der Waals surface area contributed by atoms with Gasteiger partial charge in [-0.15, -0.1) is 5.10 Å². The SMILES string of the molecule is CCOC(=O)/C=C(/c1ccccc1)c1nc(Br)nn1C1CCCCO1.